The molecular weight excluding hydrogens is 220 g/mol. The molecule has 0 spiro atoms. The standard InChI is InChI=1S/C13H26O4/c1-8(2)16-11-9(3)13(4,5)17-10(7-14)12(11)15-6/h8-12,14H,7H2,1-6H3/t9-,10?,11?,12+/m0/s1. The zero-order valence-corrected chi connectivity index (χ0v) is 11.8. The first-order valence-corrected chi connectivity index (χ1v) is 6.30. The molecular formula is C13H26O4. The fraction of sp³-hybridized carbons (Fsp3) is 1.00. The molecule has 1 heterocycles. The van der Waals surface area contributed by atoms with Crippen LogP contribution in [0, 0.1) is 5.92 Å². The summed E-state index contributed by atoms with van der Waals surface area (Å²) in [5, 5.41) is 9.40. The molecule has 4 heteroatoms. The van der Waals surface area contributed by atoms with Crippen LogP contribution in [0.3, 0.4) is 0 Å². The minimum absolute atomic E-state index is 0.0490. The molecule has 1 fully saturated rings. The van der Waals surface area contributed by atoms with Gasteiger partial charge in [0, 0.05) is 13.0 Å². The van der Waals surface area contributed by atoms with Gasteiger partial charge in [-0.15, -0.1) is 0 Å². The number of hydrogen-bond acceptors (Lipinski definition) is 4. The Morgan fingerprint density at radius 1 is 1.29 bits per heavy atom. The summed E-state index contributed by atoms with van der Waals surface area (Å²) < 4.78 is 17.3. The van der Waals surface area contributed by atoms with E-state index in [2.05, 4.69) is 6.92 Å². The third kappa shape index (κ3) is 3.19. The minimum atomic E-state index is -0.324. The van der Waals surface area contributed by atoms with E-state index >= 15 is 0 Å². The summed E-state index contributed by atoms with van der Waals surface area (Å²) in [4.78, 5) is 0. The molecule has 0 saturated carbocycles. The minimum Gasteiger partial charge on any atom is -0.394 e. The van der Waals surface area contributed by atoms with Gasteiger partial charge in [-0.3, -0.25) is 0 Å². The van der Waals surface area contributed by atoms with E-state index in [1.165, 1.54) is 0 Å². The van der Waals surface area contributed by atoms with E-state index in [0.29, 0.717) is 0 Å². The fourth-order valence-corrected chi connectivity index (χ4v) is 2.39. The number of ether oxygens (including phenoxy) is 3. The van der Waals surface area contributed by atoms with E-state index in [-0.39, 0.29) is 42.5 Å². The maximum absolute atomic E-state index is 9.40. The highest BCUT2D eigenvalue weighted by Gasteiger charge is 2.48. The maximum Gasteiger partial charge on any atom is 0.112 e. The van der Waals surface area contributed by atoms with Crippen LogP contribution in [0.1, 0.15) is 34.6 Å². The van der Waals surface area contributed by atoms with Gasteiger partial charge in [-0.2, -0.15) is 0 Å². The van der Waals surface area contributed by atoms with E-state index < -0.39 is 0 Å². The Hall–Kier alpha value is -0.160. The Balaban J connectivity index is 2.92. The summed E-state index contributed by atoms with van der Waals surface area (Å²) in [7, 11) is 1.64. The lowest BCUT2D eigenvalue weighted by molar-refractivity contribution is -0.261. The van der Waals surface area contributed by atoms with Crippen molar-refractivity contribution in [3.63, 3.8) is 0 Å². The van der Waals surface area contributed by atoms with Crippen molar-refractivity contribution in [2.45, 2.75) is 64.6 Å². The van der Waals surface area contributed by atoms with Gasteiger partial charge in [-0.25, -0.2) is 0 Å². The smallest absolute Gasteiger partial charge is 0.112 e. The molecule has 1 aliphatic rings. The van der Waals surface area contributed by atoms with Crippen molar-refractivity contribution in [3.8, 4) is 0 Å². The van der Waals surface area contributed by atoms with Crippen LogP contribution >= 0.6 is 0 Å². The van der Waals surface area contributed by atoms with Crippen LogP contribution in [0.15, 0.2) is 0 Å². The monoisotopic (exact) mass is 246 g/mol. The van der Waals surface area contributed by atoms with Gasteiger partial charge in [0.15, 0.2) is 0 Å². The highest BCUT2D eigenvalue weighted by molar-refractivity contribution is 4.96. The molecule has 0 amide bonds. The molecule has 2 unspecified atom stereocenters. The number of hydrogen-bond donors (Lipinski definition) is 1. The average Bonchev–Trinajstić information content (AvgIpc) is 2.24. The van der Waals surface area contributed by atoms with Crippen LogP contribution in [-0.2, 0) is 14.2 Å². The van der Waals surface area contributed by atoms with Crippen LogP contribution in [0.5, 0.6) is 0 Å². The second-order valence-corrected chi connectivity index (χ2v) is 5.58. The first-order valence-electron chi connectivity index (χ1n) is 6.30. The Labute approximate surface area is 104 Å². The maximum atomic E-state index is 9.40. The normalized spacial score (nSPS) is 37.4. The zero-order chi connectivity index (χ0) is 13.2. The summed E-state index contributed by atoms with van der Waals surface area (Å²) >= 11 is 0. The van der Waals surface area contributed by atoms with Crippen LogP contribution in [-0.4, -0.2) is 48.8 Å². The molecule has 0 radical (unpaired) electrons. The van der Waals surface area contributed by atoms with Gasteiger partial charge in [-0.1, -0.05) is 6.92 Å². The van der Waals surface area contributed by atoms with Gasteiger partial charge in [0.25, 0.3) is 0 Å². The van der Waals surface area contributed by atoms with Crippen LogP contribution in [0.4, 0.5) is 0 Å². The molecule has 1 rings (SSSR count). The lowest BCUT2D eigenvalue weighted by atomic mass is 9.80. The number of aliphatic hydroxyl groups excluding tert-OH is 1. The second kappa shape index (κ2) is 5.65. The quantitative estimate of drug-likeness (QED) is 0.818. The Kier molecular flexibility index (Phi) is 4.95. The van der Waals surface area contributed by atoms with Crippen molar-refractivity contribution in [3.05, 3.63) is 0 Å². The van der Waals surface area contributed by atoms with E-state index in [4.69, 9.17) is 14.2 Å². The SMILES string of the molecule is CO[C@@H]1C(CO)OC(C)(C)[C@@H](C)C1OC(C)C. The summed E-state index contributed by atoms with van der Waals surface area (Å²) in [5.74, 6) is 0.206. The first kappa shape index (κ1) is 14.9. The molecule has 0 aromatic carbocycles. The van der Waals surface area contributed by atoms with E-state index in [1.807, 2.05) is 27.7 Å². The molecule has 102 valence electrons. The van der Waals surface area contributed by atoms with Crippen molar-refractivity contribution >= 4 is 0 Å². The summed E-state index contributed by atoms with van der Waals surface area (Å²) in [6.45, 7) is 10.1. The average molecular weight is 246 g/mol. The van der Waals surface area contributed by atoms with Crippen molar-refractivity contribution < 1.29 is 19.3 Å². The topological polar surface area (TPSA) is 47.9 Å². The summed E-state index contributed by atoms with van der Waals surface area (Å²) in [5.41, 5.74) is -0.317. The van der Waals surface area contributed by atoms with Crippen molar-refractivity contribution in [2.75, 3.05) is 13.7 Å². The van der Waals surface area contributed by atoms with Gasteiger partial charge in [-0.05, 0) is 27.7 Å². The van der Waals surface area contributed by atoms with Crippen LogP contribution < -0.4 is 0 Å². The molecule has 1 N–H and O–H groups in total. The Morgan fingerprint density at radius 3 is 2.29 bits per heavy atom. The molecule has 4 nitrogen and oxygen atoms in total. The number of methoxy groups -OCH3 is 1. The highest BCUT2D eigenvalue weighted by atomic mass is 16.6. The van der Waals surface area contributed by atoms with E-state index in [0.717, 1.165) is 0 Å². The molecule has 0 bridgehead atoms. The highest BCUT2D eigenvalue weighted by Crippen LogP contribution is 2.37. The summed E-state index contributed by atoms with van der Waals surface area (Å²) in [6, 6.07) is 0. The number of rotatable bonds is 4. The summed E-state index contributed by atoms with van der Waals surface area (Å²) in [6.07, 6.45) is -0.463. The van der Waals surface area contributed by atoms with Crippen LogP contribution in [0.25, 0.3) is 0 Å². The van der Waals surface area contributed by atoms with Gasteiger partial charge in [0.1, 0.15) is 12.2 Å². The van der Waals surface area contributed by atoms with Crippen molar-refractivity contribution in [2.24, 2.45) is 5.92 Å². The zero-order valence-electron chi connectivity index (χ0n) is 11.8. The molecule has 17 heavy (non-hydrogen) atoms. The lowest BCUT2D eigenvalue weighted by Gasteiger charge is -2.49. The second-order valence-electron chi connectivity index (χ2n) is 5.58. The molecule has 0 aliphatic carbocycles. The van der Waals surface area contributed by atoms with Crippen molar-refractivity contribution in [1.82, 2.24) is 0 Å². The van der Waals surface area contributed by atoms with Gasteiger partial charge in [0.2, 0.25) is 0 Å². The van der Waals surface area contributed by atoms with Crippen molar-refractivity contribution in [1.29, 1.82) is 0 Å². The lowest BCUT2D eigenvalue weighted by Crippen LogP contribution is -2.60. The Morgan fingerprint density at radius 2 is 1.88 bits per heavy atom. The van der Waals surface area contributed by atoms with E-state index in [1.54, 1.807) is 7.11 Å². The predicted octanol–water partition coefficient (Wildman–Crippen LogP) is 1.60. The third-order valence-electron chi connectivity index (χ3n) is 3.62. The molecule has 1 saturated heterocycles. The predicted molar refractivity (Wildman–Crippen MR) is 66.0 cm³/mol. The van der Waals surface area contributed by atoms with Gasteiger partial charge in [0.05, 0.1) is 24.4 Å². The largest absolute Gasteiger partial charge is 0.394 e. The van der Waals surface area contributed by atoms with Gasteiger partial charge < -0.3 is 19.3 Å². The fourth-order valence-electron chi connectivity index (χ4n) is 2.39. The first-order chi connectivity index (χ1) is 7.83. The molecule has 0 aromatic heterocycles. The van der Waals surface area contributed by atoms with Crippen LogP contribution in [0.2, 0.25) is 0 Å². The Bertz CT molecular complexity index is 240. The van der Waals surface area contributed by atoms with E-state index in [9.17, 15) is 5.11 Å². The van der Waals surface area contributed by atoms with Gasteiger partial charge >= 0.3 is 0 Å². The molecule has 4 atom stereocenters. The molecule has 0 aromatic rings. The molecule has 1 aliphatic heterocycles. The third-order valence-corrected chi connectivity index (χ3v) is 3.62. The number of aliphatic hydroxyl groups is 1.